The highest BCUT2D eigenvalue weighted by Gasteiger charge is 2.27. The summed E-state index contributed by atoms with van der Waals surface area (Å²) in [6, 6.07) is 0. The van der Waals surface area contributed by atoms with E-state index in [1.54, 1.807) is 0 Å². The SMILES string of the molecule is CN(CCCI)C(=O)C1CCC1. The average Bonchev–Trinajstić information content (AvgIpc) is 1.96. The molecule has 0 spiro atoms. The Morgan fingerprint density at radius 3 is 2.67 bits per heavy atom. The number of alkyl halides is 1. The van der Waals surface area contributed by atoms with Gasteiger partial charge in [-0.25, -0.2) is 0 Å². The van der Waals surface area contributed by atoms with E-state index in [0.717, 1.165) is 30.2 Å². The average molecular weight is 281 g/mol. The predicted molar refractivity (Wildman–Crippen MR) is 58.5 cm³/mol. The molecule has 2 nitrogen and oxygen atoms in total. The maximum absolute atomic E-state index is 11.6. The Bertz CT molecular complexity index is 157. The molecule has 0 heterocycles. The first-order valence-electron chi connectivity index (χ1n) is 4.56. The van der Waals surface area contributed by atoms with E-state index in [-0.39, 0.29) is 0 Å². The third-order valence-corrected chi connectivity index (χ3v) is 3.22. The minimum Gasteiger partial charge on any atom is -0.345 e. The van der Waals surface area contributed by atoms with Crippen molar-refractivity contribution in [2.45, 2.75) is 25.7 Å². The Hall–Kier alpha value is 0.200. The van der Waals surface area contributed by atoms with Crippen LogP contribution in [0.1, 0.15) is 25.7 Å². The second-order valence-electron chi connectivity index (χ2n) is 3.43. The number of rotatable bonds is 4. The highest BCUT2D eigenvalue weighted by atomic mass is 127. The van der Waals surface area contributed by atoms with Crippen LogP contribution in [0.5, 0.6) is 0 Å². The molecule has 1 aliphatic carbocycles. The van der Waals surface area contributed by atoms with Gasteiger partial charge in [-0.05, 0) is 19.3 Å². The van der Waals surface area contributed by atoms with Gasteiger partial charge in [-0.1, -0.05) is 29.0 Å². The van der Waals surface area contributed by atoms with Crippen LogP contribution in [0.2, 0.25) is 0 Å². The molecule has 0 bridgehead atoms. The highest BCUT2D eigenvalue weighted by molar-refractivity contribution is 14.1. The van der Waals surface area contributed by atoms with E-state index in [9.17, 15) is 4.79 Å². The molecule has 0 radical (unpaired) electrons. The molecule has 1 rings (SSSR count). The molecular formula is C9H16INO. The van der Waals surface area contributed by atoms with E-state index in [1.165, 1.54) is 6.42 Å². The molecule has 0 saturated heterocycles. The van der Waals surface area contributed by atoms with Crippen LogP contribution in [-0.4, -0.2) is 28.8 Å². The lowest BCUT2D eigenvalue weighted by atomic mass is 9.84. The van der Waals surface area contributed by atoms with Gasteiger partial charge in [0.25, 0.3) is 0 Å². The Morgan fingerprint density at radius 1 is 1.58 bits per heavy atom. The van der Waals surface area contributed by atoms with Crippen molar-refractivity contribution in [1.29, 1.82) is 0 Å². The Kier molecular flexibility index (Phi) is 4.32. The van der Waals surface area contributed by atoms with Gasteiger partial charge >= 0.3 is 0 Å². The number of hydrogen-bond donors (Lipinski definition) is 0. The first kappa shape index (κ1) is 10.3. The van der Waals surface area contributed by atoms with Crippen LogP contribution < -0.4 is 0 Å². The monoisotopic (exact) mass is 281 g/mol. The maximum atomic E-state index is 11.6. The molecule has 0 N–H and O–H groups in total. The summed E-state index contributed by atoms with van der Waals surface area (Å²) in [6.07, 6.45) is 4.60. The second kappa shape index (κ2) is 5.04. The van der Waals surface area contributed by atoms with Crippen LogP contribution >= 0.6 is 22.6 Å². The summed E-state index contributed by atoms with van der Waals surface area (Å²) in [5.41, 5.74) is 0. The molecule has 1 saturated carbocycles. The zero-order chi connectivity index (χ0) is 8.97. The number of hydrogen-bond acceptors (Lipinski definition) is 1. The normalized spacial score (nSPS) is 17.2. The minimum atomic E-state index is 0.365. The lowest BCUT2D eigenvalue weighted by Crippen LogP contribution is -2.36. The van der Waals surface area contributed by atoms with E-state index in [2.05, 4.69) is 22.6 Å². The minimum absolute atomic E-state index is 0.365. The summed E-state index contributed by atoms with van der Waals surface area (Å²) in [5.74, 6) is 0.732. The molecule has 1 fully saturated rings. The van der Waals surface area contributed by atoms with Gasteiger partial charge in [0.2, 0.25) is 5.91 Å². The van der Waals surface area contributed by atoms with Crippen molar-refractivity contribution in [2.75, 3.05) is 18.0 Å². The molecule has 0 aromatic rings. The van der Waals surface area contributed by atoms with Crippen molar-refractivity contribution in [3.63, 3.8) is 0 Å². The second-order valence-corrected chi connectivity index (χ2v) is 4.51. The third kappa shape index (κ3) is 2.61. The van der Waals surface area contributed by atoms with Crippen molar-refractivity contribution in [3.8, 4) is 0 Å². The molecule has 3 heteroatoms. The van der Waals surface area contributed by atoms with Crippen LogP contribution in [0.15, 0.2) is 0 Å². The van der Waals surface area contributed by atoms with Crippen LogP contribution in [0.3, 0.4) is 0 Å². The summed E-state index contributed by atoms with van der Waals surface area (Å²) in [5, 5.41) is 0. The summed E-state index contributed by atoms with van der Waals surface area (Å²) in [4.78, 5) is 13.4. The molecule has 0 aromatic carbocycles. The summed E-state index contributed by atoms with van der Waals surface area (Å²) >= 11 is 2.35. The van der Waals surface area contributed by atoms with Gasteiger partial charge in [-0.2, -0.15) is 0 Å². The van der Waals surface area contributed by atoms with Gasteiger partial charge in [0.15, 0.2) is 0 Å². The Balaban J connectivity index is 2.20. The lowest BCUT2D eigenvalue weighted by molar-refractivity contribution is -0.136. The maximum Gasteiger partial charge on any atom is 0.225 e. The molecule has 0 aliphatic heterocycles. The fraction of sp³-hybridized carbons (Fsp3) is 0.889. The molecule has 0 atom stereocenters. The molecular weight excluding hydrogens is 265 g/mol. The summed E-state index contributed by atoms with van der Waals surface area (Å²) in [7, 11) is 1.92. The van der Waals surface area contributed by atoms with Crippen molar-refractivity contribution in [3.05, 3.63) is 0 Å². The fourth-order valence-corrected chi connectivity index (χ4v) is 1.72. The van der Waals surface area contributed by atoms with Gasteiger partial charge in [0.05, 0.1) is 0 Å². The zero-order valence-corrected chi connectivity index (χ0v) is 9.71. The number of halogens is 1. The zero-order valence-electron chi connectivity index (χ0n) is 7.55. The lowest BCUT2D eigenvalue weighted by Gasteiger charge is -2.29. The highest BCUT2D eigenvalue weighted by Crippen LogP contribution is 2.27. The number of nitrogens with zero attached hydrogens (tertiary/aromatic N) is 1. The Morgan fingerprint density at radius 2 is 2.25 bits per heavy atom. The van der Waals surface area contributed by atoms with Crippen LogP contribution in [0.4, 0.5) is 0 Å². The fourth-order valence-electron chi connectivity index (χ4n) is 1.37. The predicted octanol–water partition coefficient (Wildman–Crippen LogP) is 2.07. The molecule has 70 valence electrons. The van der Waals surface area contributed by atoms with Gasteiger partial charge < -0.3 is 4.90 Å². The van der Waals surface area contributed by atoms with E-state index >= 15 is 0 Å². The van der Waals surface area contributed by atoms with Gasteiger partial charge in [-0.15, -0.1) is 0 Å². The van der Waals surface area contributed by atoms with Crippen LogP contribution in [-0.2, 0) is 4.79 Å². The smallest absolute Gasteiger partial charge is 0.225 e. The largest absolute Gasteiger partial charge is 0.345 e. The quantitative estimate of drug-likeness (QED) is 0.570. The van der Waals surface area contributed by atoms with Crippen molar-refractivity contribution >= 4 is 28.5 Å². The van der Waals surface area contributed by atoms with E-state index in [1.807, 2.05) is 11.9 Å². The molecule has 1 aliphatic rings. The standard InChI is InChI=1S/C9H16INO/c1-11(7-3-6-10)9(12)8-4-2-5-8/h8H,2-7H2,1H3. The summed E-state index contributed by atoms with van der Waals surface area (Å²) < 4.78 is 1.14. The first-order chi connectivity index (χ1) is 5.75. The Labute approximate surface area is 87.8 Å². The molecule has 1 amide bonds. The topological polar surface area (TPSA) is 20.3 Å². The number of amides is 1. The van der Waals surface area contributed by atoms with Crippen LogP contribution in [0.25, 0.3) is 0 Å². The number of carbonyl (C=O) groups is 1. The molecule has 12 heavy (non-hydrogen) atoms. The molecule has 0 unspecified atom stereocenters. The van der Waals surface area contributed by atoms with E-state index in [0.29, 0.717) is 11.8 Å². The van der Waals surface area contributed by atoms with Gasteiger partial charge in [-0.3, -0.25) is 4.79 Å². The van der Waals surface area contributed by atoms with E-state index < -0.39 is 0 Å². The van der Waals surface area contributed by atoms with Crippen molar-refractivity contribution in [2.24, 2.45) is 5.92 Å². The third-order valence-electron chi connectivity index (χ3n) is 2.46. The van der Waals surface area contributed by atoms with Crippen molar-refractivity contribution < 1.29 is 4.79 Å². The number of carbonyl (C=O) groups excluding carboxylic acids is 1. The van der Waals surface area contributed by atoms with Crippen molar-refractivity contribution in [1.82, 2.24) is 4.90 Å². The van der Waals surface area contributed by atoms with Gasteiger partial charge in [0, 0.05) is 23.9 Å². The van der Waals surface area contributed by atoms with E-state index in [4.69, 9.17) is 0 Å². The van der Waals surface area contributed by atoms with Crippen LogP contribution in [0, 0.1) is 5.92 Å². The van der Waals surface area contributed by atoms with Gasteiger partial charge in [0.1, 0.15) is 0 Å². The molecule has 0 aromatic heterocycles. The summed E-state index contributed by atoms with van der Waals surface area (Å²) in [6.45, 7) is 0.929. The first-order valence-corrected chi connectivity index (χ1v) is 6.09.